The molecule has 1 aromatic rings. The Kier molecular flexibility index (Phi) is 4.15. The van der Waals surface area contributed by atoms with E-state index in [0.717, 1.165) is 5.56 Å². The van der Waals surface area contributed by atoms with Crippen molar-refractivity contribution >= 4 is 0 Å². The molecule has 1 nitrogen and oxygen atoms in total. The van der Waals surface area contributed by atoms with Crippen LogP contribution in [-0.4, -0.2) is 19.8 Å². The summed E-state index contributed by atoms with van der Waals surface area (Å²) < 4.78 is 36.9. The molecule has 0 unspecified atom stereocenters. The van der Waals surface area contributed by atoms with Gasteiger partial charge in [0.1, 0.15) is 0 Å². The quantitative estimate of drug-likeness (QED) is 0.817. The summed E-state index contributed by atoms with van der Waals surface area (Å²) in [5.74, 6) is -0.504. The van der Waals surface area contributed by atoms with Gasteiger partial charge in [-0.2, -0.15) is 13.2 Å². The van der Waals surface area contributed by atoms with Crippen molar-refractivity contribution in [2.45, 2.75) is 18.5 Å². The zero-order chi connectivity index (χ0) is 11.3. The molecule has 1 atom stereocenters. The van der Waals surface area contributed by atoms with Gasteiger partial charge in [-0.15, -0.1) is 0 Å². The average Bonchev–Trinajstić information content (AvgIpc) is 2.17. The molecule has 0 aromatic heterocycles. The van der Waals surface area contributed by atoms with E-state index >= 15 is 0 Å². The molecule has 84 valence electrons. The normalized spacial score (nSPS) is 13.9. The number of nitrogens with one attached hydrogen (secondary N) is 1. The topological polar surface area (TPSA) is 12.0 Å². The van der Waals surface area contributed by atoms with Crippen molar-refractivity contribution in [3.05, 3.63) is 35.9 Å². The molecule has 1 rings (SSSR count). The maximum atomic E-state index is 12.3. The molecule has 4 heteroatoms. The fourth-order valence-corrected chi connectivity index (χ4v) is 1.56. The number of halogens is 3. The van der Waals surface area contributed by atoms with Crippen LogP contribution < -0.4 is 5.32 Å². The molecule has 0 spiro atoms. The van der Waals surface area contributed by atoms with Crippen LogP contribution in [-0.2, 0) is 0 Å². The Morgan fingerprint density at radius 3 is 2.27 bits per heavy atom. The first-order valence-corrected chi connectivity index (χ1v) is 4.79. The first kappa shape index (κ1) is 12.0. The van der Waals surface area contributed by atoms with Gasteiger partial charge >= 0.3 is 6.18 Å². The molecule has 15 heavy (non-hydrogen) atoms. The standard InChI is InChI=1S/C11H14F3N/c1-15-8-10(7-11(12,13)14)9-5-3-2-4-6-9/h2-6,10,15H,7-8H2,1H3/t10-/m1/s1. The third-order valence-electron chi connectivity index (χ3n) is 2.20. The molecule has 0 saturated carbocycles. The molecular weight excluding hydrogens is 203 g/mol. The molecule has 0 aliphatic rings. The lowest BCUT2D eigenvalue weighted by molar-refractivity contribution is -0.138. The Morgan fingerprint density at radius 1 is 1.20 bits per heavy atom. The molecule has 0 bridgehead atoms. The maximum Gasteiger partial charge on any atom is 0.389 e. The fraction of sp³-hybridized carbons (Fsp3) is 0.455. The van der Waals surface area contributed by atoms with Gasteiger partial charge in [0.05, 0.1) is 6.42 Å². The van der Waals surface area contributed by atoms with E-state index in [4.69, 9.17) is 0 Å². The molecule has 0 radical (unpaired) electrons. The van der Waals surface area contributed by atoms with Gasteiger partial charge < -0.3 is 5.32 Å². The maximum absolute atomic E-state index is 12.3. The first-order valence-electron chi connectivity index (χ1n) is 4.79. The third-order valence-corrected chi connectivity index (χ3v) is 2.20. The van der Waals surface area contributed by atoms with Crippen molar-refractivity contribution in [1.82, 2.24) is 5.32 Å². The van der Waals surface area contributed by atoms with Crippen molar-refractivity contribution in [3.63, 3.8) is 0 Å². The lowest BCUT2D eigenvalue weighted by Gasteiger charge is -2.18. The molecule has 0 aliphatic carbocycles. The second-order valence-electron chi connectivity index (χ2n) is 3.48. The lowest BCUT2D eigenvalue weighted by atomic mass is 9.95. The van der Waals surface area contributed by atoms with Gasteiger partial charge in [0.15, 0.2) is 0 Å². The highest BCUT2D eigenvalue weighted by Gasteiger charge is 2.32. The minimum absolute atomic E-state index is 0.337. The van der Waals surface area contributed by atoms with Crippen LogP contribution in [0.15, 0.2) is 30.3 Å². The van der Waals surface area contributed by atoms with Crippen molar-refractivity contribution in [2.24, 2.45) is 0 Å². The average molecular weight is 217 g/mol. The van der Waals surface area contributed by atoms with Gasteiger partial charge in [0, 0.05) is 12.5 Å². The summed E-state index contributed by atoms with van der Waals surface area (Å²) in [6, 6.07) is 8.78. The Balaban J connectivity index is 2.75. The highest BCUT2D eigenvalue weighted by Crippen LogP contribution is 2.30. The number of benzene rings is 1. The van der Waals surface area contributed by atoms with Crippen LogP contribution in [0, 0.1) is 0 Å². The number of rotatable bonds is 4. The first-order chi connectivity index (χ1) is 7.03. The summed E-state index contributed by atoms with van der Waals surface area (Å²) in [4.78, 5) is 0. The second kappa shape index (κ2) is 5.16. The van der Waals surface area contributed by atoms with Gasteiger partial charge in [0.25, 0.3) is 0 Å². The zero-order valence-corrected chi connectivity index (χ0v) is 8.51. The van der Waals surface area contributed by atoms with Gasteiger partial charge in [-0.1, -0.05) is 30.3 Å². The minimum Gasteiger partial charge on any atom is -0.319 e. The Bertz CT molecular complexity index is 282. The molecule has 0 amide bonds. The number of likely N-dealkylation sites (N-methyl/N-ethyl adjacent to an activating group) is 1. The van der Waals surface area contributed by atoms with Crippen molar-refractivity contribution in [1.29, 1.82) is 0 Å². The molecule has 0 saturated heterocycles. The molecule has 0 aliphatic heterocycles. The molecule has 1 aromatic carbocycles. The molecular formula is C11H14F3N. The van der Waals surface area contributed by atoms with Crippen LogP contribution in [0.2, 0.25) is 0 Å². The Hall–Kier alpha value is -1.03. The van der Waals surface area contributed by atoms with Crippen LogP contribution in [0.4, 0.5) is 13.2 Å². The van der Waals surface area contributed by atoms with Crippen LogP contribution >= 0.6 is 0 Å². The fourth-order valence-electron chi connectivity index (χ4n) is 1.56. The zero-order valence-electron chi connectivity index (χ0n) is 8.51. The van der Waals surface area contributed by atoms with E-state index in [1.165, 1.54) is 0 Å². The number of alkyl halides is 3. The number of hydrogen-bond donors (Lipinski definition) is 1. The van der Waals surface area contributed by atoms with Crippen LogP contribution in [0.5, 0.6) is 0 Å². The Labute approximate surface area is 87.3 Å². The predicted octanol–water partition coefficient (Wildman–Crippen LogP) is 2.94. The summed E-state index contributed by atoms with van der Waals surface area (Å²) in [7, 11) is 1.66. The second-order valence-corrected chi connectivity index (χ2v) is 3.48. The summed E-state index contributed by atoms with van der Waals surface area (Å²) in [5.41, 5.74) is 0.726. The molecule has 1 N–H and O–H groups in total. The Morgan fingerprint density at radius 2 is 1.80 bits per heavy atom. The van der Waals surface area contributed by atoms with E-state index in [-0.39, 0.29) is 0 Å². The van der Waals surface area contributed by atoms with Gasteiger partial charge in [-0.3, -0.25) is 0 Å². The van der Waals surface area contributed by atoms with Crippen molar-refractivity contribution in [2.75, 3.05) is 13.6 Å². The van der Waals surface area contributed by atoms with Gasteiger partial charge in [0.2, 0.25) is 0 Å². The summed E-state index contributed by atoms with van der Waals surface area (Å²) in [6.07, 6.45) is -4.89. The number of hydrogen-bond acceptors (Lipinski definition) is 1. The van der Waals surface area contributed by atoms with Crippen molar-refractivity contribution < 1.29 is 13.2 Å². The lowest BCUT2D eigenvalue weighted by Crippen LogP contribution is -2.23. The van der Waals surface area contributed by atoms with Gasteiger partial charge in [-0.05, 0) is 12.6 Å². The van der Waals surface area contributed by atoms with Crippen LogP contribution in [0.1, 0.15) is 17.9 Å². The molecule has 0 fully saturated rings. The van der Waals surface area contributed by atoms with E-state index in [9.17, 15) is 13.2 Å². The van der Waals surface area contributed by atoms with Gasteiger partial charge in [-0.25, -0.2) is 0 Å². The van der Waals surface area contributed by atoms with E-state index in [1.807, 2.05) is 0 Å². The SMILES string of the molecule is CNC[C@@H](CC(F)(F)F)c1ccccc1. The summed E-state index contributed by atoms with van der Waals surface area (Å²) >= 11 is 0. The van der Waals surface area contributed by atoms with Crippen LogP contribution in [0.3, 0.4) is 0 Å². The van der Waals surface area contributed by atoms with Crippen molar-refractivity contribution in [3.8, 4) is 0 Å². The highest BCUT2D eigenvalue weighted by molar-refractivity contribution is 5.20. The largest absolute Gasteiger partial charge is 0.389 e. The smallest absolute Gasteiger partial charge is 0.319 e. The summed E-state index contributed by atoms with van der Waals surface area (Å²) in [6.45, 7) is 0.337. The monoisotopic (exact) mass is 217 g/mol. The minimum atomic E-state index is -4.11. The summed E-state index contributed by atoms with van der Waals surface area (Å²) in [5, 5.41) is 2.79. The highest BCUT2D eigenvalue weighted by atomic mass is 19.4. The van der Waals surface area contributed by atoms with E-state index in [0.29, 0.717) is 6.54 Å². The van der Waals surface area contributed by atoms with E-state index in [1.54, 1.807) is 37.4 Å². The molecule has 0 heterocycles. The van der Waals surface area contributed by atoms with E-state index in [2.05, 4.69) is 5.32 Å². The van der Waals surface area contributed by atoms with Crippen LogP contribution in [0.25, 0.3) is 0 Å². The van der Waals surface area contributed by atoms with E-state index < -0.39 is 18.5 Å². The third kappa shape index (κ3) is 4.34. The predicted molar refractivity (Wildman–Crippen MR) is 53.8 cm³/mol.